The molecule has 0 radical (unpaired) electrons. The number of carbonyl (C=O) groups excluding carboxylic acids is 1. The van der Waals surface area contributed by atoms with Crippen LogP contribution in [0.1, 0.15) is 23.6 Å². The van der Waals surface area contributed by atoms with Crippen molar-refractivity contribution >= 4 is 51.5 Å². The third-order valence-electron chi connectivity index (χ3n) is 4.34. The Bertz CT molecular complexity index is 1060. The molecule has 0 bridgehead atoms. The standard InChI is InChI=1S/C19H15ClFN5OS2/c20-13-5-1-12(2-6-13)16-9-15(11-3-7-14(21)8-4-11)25-26(16)17(27)10-28-19-24-23-18(22)29-19/h1-8,16H,9-10H2,(H2,22,23). The number of hydrazone groups is 1. The molecule has 148 valence electrons. The van der Waals surface area contributed by atoms with Gasteiger partial charge in [-0.15, -0.1) is 10.2 Å². The van der Waals surface area contributed by atoms with E-state index in [2.05, 4.69) is 15.3 Å². The highest BCUT2D eigenvalue weighted by Gasteiger charge is 2.33. The minimum absolute atomic E-state index is 0.152. The van der Waals surface area contributed by atoms with Crippen LogP contribution in [0.5, 0.6) is 0 Å². The van der Waals surface area contributed by atoms with Crippen LogP contribution in [-0.2, 0) is 4.79 Å². The van der Waals surface area contributed by atoms with Crippen LogP contribution in [0.2, 0.25) is 5.02 Å². The van der Waals surface area contributed by atoms with E-state index in [1.165, 1.54) is 40.2 Å². The van der Waals surface area contributed by atoms with Gasteiger partial charge in [0.15, 0.2) is 4.34 Å². The Hall–Kier alpha value is -2.49. The fourth-order valence-electron chi connectivity index (χ4n) is 2.97. The lowest BCUT2D eigenvalue weighted by Crippen LogP contribution is -2.28. The number of nitrogen functional groups attached to an aromatic ring is 1. The van der Waals surface area contributed by atoms with Gasteiger partial charge in [0.25, 0.3) is 5.91 Å². The SMILES string of the molecule is Nc1nnc(SCC(=O)N2N=C(c3ccc(F)cc3)CC2c2ccc(Cl)cc2)s1. The molecule has 0 fully saturated rings. The van der Waals surface area contributed by atoms with Gasteiger partial charge in [-0.1, -0.05) is 59.0 Å². The first kappa shape index (κ1) is 19.8. The first-order valence-corrected chi connectivity index (χ1v) is 10.8. The number of benzene rings is 2. The van der Waals surface area contributed by atoms with Crippen LogP contribution in [0.4, 0.5) is 9.52 Å². The fraction of sp³-hybridized carbons (Fsp3) is 0.158. The van der Waals surface area contributed by atoms with Gasteiger partial charge in [-0.05, 0) is 35.4 Å². The average Bonchev–Trinajstić information content (AvgIpc) is 3.34. The van der Waals surface area contributed by atoms with Crippen molar-refractivity contribution in [3.8, 4) is 0 Å². The summed E-state index contributed by atoms with van der Waals surface area (Å²) in [5.74, 6) is -0.332. The number of nitrogens with two attached hydrogens (primary N) is 1. The van der Waals surface area contributed by atoms with E-state index >= 15 is 0 Å². The molecule has 6 nitrogen and oxygen atoms in total. The zero-order valence-corrected chi connectivity index (χ0v) is 17.3. The van der Waals surface area contributed by atoms with Gasteiger partial charge in [-0.3, -0.25) is 4.79 Å². The maximum Gasteiger partial charge on any atom is 0.253 e. The quantitative estimate of drug-likeness (QED) is 0.586. The van der Waals surface area contributed by atoms with E-state index in [9.17, 15) is 9.18 Å². The second-order valence-electron chi connectivity index (χ2n) is 6.26. The third-order valence-corrected chi connectivity index (χ3v) is 6.46. The van der Waals surface area contributed by atoms with Crippen LogP contribution >= 0.6 is 34.7 Å². The first-order chi connectivity index (χ1) is 14.0. The molecule has 0 aliphatic carbocycles. The van der Waals surface area contributed by atoms with Crippen LogP contribution < -0.4 is 5.73 Å². The van der Waals surface area contributed by atoms with Crippen molar-refractivity contribution in [1.82, 2.24) is 15.2 Å². The summed E-state index contributed by atoms with van der Waals surface area (Å²) >= 11 is 8.51. The molecule has 2 heterocycles. The molecule has 1 amide bonds. The molecule has 1 aliphatic heterocycles. The second-order valence-corrected chi connectivity index (χ2v) is 8.93. The van der Waals surface area contributed by atoms with E-state index in [1.54, 1.807) is 24.3 Å². The van der Waals surface area contributed by atoms with Crippen molar-refractivity contribution in [1.29, 1.82) is 0 Å². The van der Waals surface area contributed by atoms with Gasteiger partial charge in [-0.2, -0.15) is 5.10 Å². The third kappa shape index (κ3) is 4.58. The van der Waals surface area contributed by atoms with Crippen LogP contribution in [0, 0.1) is 5.82 Å². The van der Waals surface area contributed by atoms with E-state index < -0.39 is 0 Å². The largest absolute Gasteiger partial charge is 0.374 e. The van der Waals surface area contributed by atoms with Gasteiger partial charge in [0, 0.05) is 11.4 Å². The fourth-order valence-corrected chi connectivity index (χ4v) is 4.58. The molecule has 10 heteroatoms. The molecule has 1 atom stereocenters. The number of halogens is 2. The molecule has 0 spiro atoms. The highest BCUT2D eigenvalue weighted by Crippen LogP contribution is 2.34. The molecular formula is C19H15ClFN5OS2. The molecule has 2 aromatic carbocycles. The molecule has 1 aliphatic rings. The predicted molar refractivity (Wildman–Crippen MR) is 114 cm³/mol. The Morgan fingerprint density at radius 2 is 1.93 bits per heavy atom. The molecular weight excluding hydrogens is 433 g/mol. The topological polar surface area (TPSA) is 84.5 Å². The van der Waals surface area contributed by atoms with Gasteiger partial charge >= 0.3 is 0 Å². The Morgan fingerprint density at radius 1 is 1.21 bits per heavy atom. The molecule has 29 heavy (non-hydrogen) atoms. The van der Waals surface area contributed by atoms with Gasteiger partial charge in [-0.25, -0.2) is 9.40 Å². The average molecular weight is 448 g/mol. The Labute approximate surface area is 179 Å². The summed E-state index contributed by atoms with van der Waals surface area (Å²) in [6.45, 7) is 0. The monoisotopic (exact) mass is 447 g/mol. The van der Waals surface area contributed by atoms with Crippen molar-refractivity contribution in [3.63, 3.8) is 0 Å². The van der Waals surface area contributed by atoms with E-state index in [4.69, 9.17) is 17.3 Å². The Morgan fingerprint density at radius 3 is 2.59 bits per heavy atom. The lowest BCUT2D eigenvalue weighted by Gasteiger charge is -2.21. The van der Waals surface area contributed by atoms with Crippen molar-refractivity contribution in [2.75, 3.05) is 11.5 Å². The maximum atomic E-state index is 13.3. The Balaban J connectivity index is 1.58. The van der Waals surface area contributed by atoms with Crippen molar-refractivity contribution in [2.24, 2.45) is 5.10 Å². The molecule has 1 aromatic heterocycles. The van der Waals surface area contributed by atoms with Gasteiger partial charge < -0.3 is 5.73 Å². The van der Waals surface area contributed by atoms with E-state index in [-0.39, 0.29) is 23.5 Å². The van der Waals surface area contributed by atoms with E-state index in [0.717, 1.165) is 16.8 Å². The van der Waals surface area contributed by atoms with Crippen LogP contribution in [-0.4, -0.2) is 32.6 Å². The molecule has 4 rings (SSSR count). The maximum absolute atomic E-state index is 13.3. The number of hydrogen-bond donors (Lipinski definition) is 1. The summed E-state index contributed by atoms with van der Waals surface area (Å²) < 4.78 is 13.9. The molecule has 1 unspecified atom stereocenters. The van der Waals surface area contributed by atoms with Crippen molar-refractivity contribution in [2.45, 2.75) is 16.8 Å². The van der Waals surface area contributed by atoms with E-state index in [0.29, 0.717) is 20.9 Å². The summed E-state index contributed by atoms with van der Waals surface area (Å²) in [4.78, 5) is 12.9. The smallest absolute Gasteiger partial charge is 0.253 e. The normalized spacial score (nSPS) is 16.1. The van der Waals surface area contributed by atoms with Gasteiger partial charge in [0.1, 0.15) is 5.82 Å². The number of thioether (sulfide) groups is 1. The van der Waals surface area contributed by atoms with Crippen molar-refractivity contribution in [3.05, 3.63) is 70.5 Å². The first-order valence-electron chi connectivity index (χ1n) is 8.62. The van der Waals surface area contributed by atoms with Crippen LogP contribution in [0.3, 0.4) is 0 Å². The van der Waals surface area contributed by atoms with Crippen LogP contribution in [0.25, 0.3) is 0 Å². The number of carbonyl (C=O) groups is 1. The van der Waals surface area contributed by atoms with Gasteiger partial charge in [0.05, 0.1) is 17.5 Å². The summed E-state index contributed by atoms with van der Waals surface area (Å²) in [6, 6.07) is 13.2. The molecule has 0 saturated heterocycles. The zero-order valence-electron chi connectivity index (χ0n) is 15.0. The van der Waals surface area contributed by atoms with Crippen molar-refractivity contribution < 1.29 is 9.18 Å². The summed E-state index contributed by atoms with van der Waals surface area (Å²) in [6.07, 6.45) is 0.523. The highest BCUT2D eigenvalue weighted by atomic mass is 35.5. The summed E-state index contributed by atoms with van der Waals surface area (Å²) in [5.41, 5.74) is 8.02. The number of amides is 1. The summed E-state index contributed by atoms with van der Waals surface area (Å²) in [5, 5.41) is 14.7. The molecule has 2 N–H and O–H groups in total. The Kier molecular flexibility index (Phi) is 5.79. The number of rotatable bonds is 5. The number of anilines is 1. The summed E-state index contributed by atoms with van der Waals surface area (Å²) in [7, 11) is 0. The minimum atomic E-state index is -0.317. The number of nitrogens with zero attached hydrogens (tertiary/aromatic N) is 4. The minimum Gasteiger partial charge on any atom is -0.374 e. The lowest BCUT2D eigenvalue weighted by molar-refractivity contribution is -0.130. The molecule has 3 aromatic rings. The van der Waals surface area contributed by atoms with Crippen LogP contribution in [0.15, 0.2) is 58.0 Å². The zero-order chi connectivity index (χ0) is 20.4. The van der Waals surface area contributed by atoms with Gasteiger partial charge in [0.2, 0.25) is 5.13 Å². The predicted octanol–water partition coefficient (Wildman–Crippen LogP) is 4.38. The number of hydrogen-bond acceptors (Lipinski definition) is 7. The lowest BCUT2D eigenvalue weighted by atomic mass is 9.98. The highest BCUT2D eigenvalue weighted by molar-refractivity contribution is 8.01. The second kappa shape index (κ2) is 8.48. The van der Waals surface area contributed by atoms with E-state index in [1.807, 2.05) is 12.1 Å². The number of aromatic nitrogens is 2. The molecule has 0 saturated carbocycles.